The third kappa shape index (κ3) is 8.11. The van der Waals surface area contributed by atoms with E-state index in [-0.39, 0.29) is 0 Å². The maximum Gasteiger partial charge on any atom is 0.163 e. The summed E-state index contributed by atoms with van der Waals surface area (Å²) < 4.78 is 5.15. The minimum atomic E-state index is 0.580. The molecule has 5 nitrogen and oxygen atoms in total. The molecule has 36 heavy (non-hydrogen) atoms. The molecule has 4 aromatic rings. The van der Waals surface area contributed by atoms with Gasteiger partial charge in [-0.2, -0.15) is 0 Å². The summed E-state index contributed by atoms with van der Waals surface area (Å²) in [6, 6.07) is 16.9. The highest BCUT2D eigenvalue weighted by molar-refractivity contribution is 7.16. The number of benzene rings is 1. The van der Waals surface area contributed by atoms with Gasteiger partial charge in [0, 0.05) is 28.7 Å². The Morgan fingerprint density at radius 1 is 1.08 bits per heavy atom. The molecule has 0 aliphatic heterocycles. The maximum absolute atomic E-state index is 5.15. The van der Waals surface area contributed by atoms with Crippen molar-refractivity contribution in [1.29, 1.82) is 0 Å². The van der Waals surface area contributed by atoms with Gasteiger partial charge in [-0.3, -0.25) is 4.98 Å². The average Bonchev–Trinajstić information content (AvgIpc) is 3.53. The van der Waals surface area contributed by atoms with Crippen molar-refractivity contribution in [2.75, 3.05) is 6.54 Å². The van der Waals surface area contributed by atoms with Crippen LogP contribution >= 0.6 is 11.3 Å². The van der Waals surface area contributed by atoms with Crippen LogP contribution in [0.1, 0.15) is 53.8 Å². The van der Waals surface area contributed by atoms with Gasteiger partial charge in [-0.25, -0.2) is 9.98 Å². The minimum Gasteiger partial charge on any atom is -0.472 e. The van der Waals surface area contributed by atoms with E-state index < -0.39 is 0 Å². The monoisotopic (exact) mass is 500 g/mol. The third-order valence-electron chi connectivity index (χ3n) is 5.34. The number of nitrogens with zero attached hydrogens (tertiary/aromatic N) is 3. The zero-order valence-corrected chi connectivity index (χ0v) is 22.6. The van der Waals surface area contributed by atoms with Gasteiger partial charge in [0.25, 0.3) is 0 Å². The summed E-state index contributed by atoms with van der Waals surface area (Å²) >= 11 is 1.67. The predicted octanol–water partition coefficient (Wildman–Crippen LogP) is 7.94. The van der Waals surface area contributed by atoms with Gasteiger partial charge in [0.05, 0.1) is 17.5 Å². The molecule has 0 unspecified atom stereocenters. The van der Waals surface area contributed by atoms with Crippen LogP contribution in [0.4, 0.5) is 5.00 Å². The fourth-order valence-electron chi connectivity index (χ4n) is 3.58. The number of nitrogens with one attached hydrogen (secondary N) is 1. The summed E-state index contributed by atoms with van der Waals surface area (Å²) in [7, 11) is 0. The molecular weight excluding hydrogens is 464 g/mol. The fraction of sp³-hybridized carbons (Fsp3) is 0.300. The number of pyridine rings is 1. The van der Waals surface area contributed by atoms with Crippen molar-refractivity contribution in [2.45, 2.75) is 53.5 Å². The highest BCUT2D eigenvalue weighted by atomic mass is 32.1. The number of aliphatic imine (C=N–C) groups is 2. The van der Waals surface area contributed by atoms with E-state index in [1.54, 1.807) is 23.9 Å². The van der Waals surface area contributed by atoms with Crippen LogP contribution in [0.15, 0.2) is 81.7 Å². The molecule has 1 aromatic carbocycles. The lowest BCUT2D eigenvalue weighted by Gasteiger charge is -2.07. The van der Waals surface area contributed by atoms with Gasteiger partial charge in [0.1, 0.15) is 11.3 Å². The Labute approximate surface area is 219 Å². The van der Waals surface area contributed by atoms with Gasteiger partial charge >= 0.3 is 0 Å². The molecule has 4 rings (SSSR count). The normalized spacial score (nSPS) is 11.2. The van der Waals surface area contributed by atoms with Crippen molar-refractivity contribution in [3.63, 3.8) is 0 Å². The van der Waals surface area contributed by atoms with E-state index in [9.17, 15) is 0 Å². The van der Waals surface area contributed by atoms with E-state index in [2.05, 4.69) is 92.2 Å². The Hall–Kier alpha value is -3.35. The molecule has 3 aromatic heterocycles. The average molecular weight is 501 g/mol. The predicted molar refractivity (Wildman–Crippen MR) is 154 cm³/mol. The quantitative estimate of drug-likeness (QED) is 0.144. The van der Waals surface area contributed by atoms with Gasteiger partial charge in [-0.15, -0.1) is 11.3 Å². The fourth-order valence-corrected chi connectivity index (χ4v) is 4.48. The Morgan fingerprint density at radius 2 is 1.86 bits per heavy atom. The molecule has 0 atom stereocenters. The van der Waals surface area contributed by atoms with Crippen molar-refractivity contribution < 1.29 is 4.42 Å². The van der Waals surface area contributed by atoms with E-state index >= 15 is 0 Å². The zero-order valence-electron chi connectivity index (χ0n) is 21.8. The molecule has 1 N–H and O–H groups in total. The van der Waals surface area contributed by atoms with Crippen LogP contribution in [-0.4, -0.2) is 24.1 Å². The van der Waals surface area contributed by atoms with Gasteiger partial charge in [-0.1, -0.05) is 50.6 Å². The molecular formula is C30H36N4OS. The summed E-state index contributed by atoms with van der Waals surface area (Å²) in [6.07, 6.45) is 8.51. The first-order valence-electron chi connectivity index (χ1n) is 12.4. The number of aromatic nitrogens is 1. The van der Waals surface area contributed by atoms with Crippen LogP contribution < -0.4 is 5.32 Å². The second kappa shape index (κ2) is 14.3. The van der Waals surface area contributed by atoms with Gasteiger partial charge in [-0.05, 0) is 69.3 Å². The third-order valence-corrected chi connectivity index (χ3v) is 6.33. The molecule has 3 heterocycles. The molecule has 0 radical (unpaired) electrons. The number of thiophene rings is 1. The maximum atomic E-state index is 5.15. The lowest BCUT2D eigenvalue weighted by molar-refractivity contribution is 0.567. The van der Waals surface area contributed by atoms with Crippen LogP contribution in [0, 0.1) is 13.8 Å². The van der Waals surface area contributed by atoms with E-state index in [1.807, 2.05) is 12.3 Å². The van der Waals surface area contributed by atoms with Gasteiger partial charge < -0.3 is 9.73 Å². The van der Waals surface area contributed by atoms with Crippen molar-refractivity contribution in [3.05, 3.63) is 94.4 Å². The van der Waals surface area contributed by atoms with Crippen LogP contribution in [0.25, 0.3) is 11.3 Å². The summed E-state index contributed by atoms with van der Waals surface area (Å²) in [5.41, 5.74) is 6.69. The lowest BCUT2D eigenvalue weighted by atomic mass is 10.0. The molecule has 0 fully saturated rings. The van der Waals surface area contributed by atoms with Gasteiger partial charge in [0.2, 0.25) is 0 Å². The largest absolute Gasteiger partial charge is 0.472 e. The zero-order chi connectivity index (χ0) is 25.8. The second-order valence-corrected chi connectivity index (χ2v) is 9.93. The summed E-state index contributed by atoms with van der Waals surface area (Å²) in [4.78, 5) is 14.5. The Morgan fingerprint density at radius 3 is 2.50 bits per heavy atom. The molecule has 0 saturated carbocycles. The number of furan rings is 1. The lowest BCUT2D eigenvalue weighted by Crippen LogP contribution is -2.15. The standard InChI is InChI=1S/C27H28N4OS.C3H8/c1-19-6-11-25(30-16-19)22-9-7-21(8-10-22)5-4-13-29-17-24-15-20(2)33-27(24)31-26(28-3)23-12-14-32-18-23;1-3-2/h6-12,14-16,18,29H,3-5,13,17H2,1-2H3;3H2,1-2H3/b31-26-;. The number of aryl methyl sites for hydroxylation is 3. The summed E-state index contributed by atoms with van der Waals surface area (Å²) in [6.45, 7) is 13.8. The van der Waals surface area contributed by atoms with E-state index in [0.717, 1.165) is 47.8 Å². The van der Waals surface area contributed by atoms with E-state index in [1.165, 1.54) is 28.0 Å². The van der Waals surface area contributed by atoms with Crippen molar-refractivity contribution in [3.8, 4) is 11.3 Å². The number of hydrogen-bond acceptors (Lipinski definition) is 5. The van der Waals surface area contributed by atoms with Crippen LogP contribution in [0.3, 0.4) is 0 Å². The van der Waals surface area contributed by atoms with E-state index in [0.29, 0.717) is 5.84 Å². The highest BCUT2D eigenvalue weighted by Crippen LogP contribution is 2.31. The molecule has 0 amide bonds. The molecule has 6 heteroatoms. The number of rotatable bonds is 9. The van der Waals surface area contributed by atoms with Crippen molar-refractivity contribution >= 4 is 28.9 Å². The first-order chi connectivity index (χ1) is 17.5. The number of hydrogen-bond donors (Lipinski definition) is 1. The first-order valence-corrected chi connectivity index (χ1v) is 13.3. The topological polar surface area (TPSA) is 62.8 Å². The van der Waals surface area contributed by atoms with Crippen LogP contribution in [-0.2, 0) is 13.0 Å². The smallest absolute Gasteiger partial charge is 0.163 e. The molecule has 0 aliphatic rings. The number of amidine groups is 1. The molecule has 0 saturated heterocycles. The SMILES string of the molecule is C=N/C(=N\c1sc(C)cc1CNCCCc1ccc(-c2ccc(C)cn2)cc1)c1ccoc1.CCC. The molecule has 0 aliphatic carbocycles. The molecule has 0 bridgehead atoms. The molecule has 0 spiro atoms. The Balaban J connectivity index is 0.00000115. The summed E-state index contributed by atoms with van der Waals surface area (Å²) in [5, 5.41) is 4.52. The second-order valence-electron chi connectivity index (χ2n) is 8.70. The Bertz CT molecular complexity index is 1220. The van der Waals surface area contributed by atoms with Gasteiger partial charge in [0.15, 0.2) is 5.84 Å². The Kier molecular flexibility index (Phi) is 10.8. The van der Waals surface area contributed by atoms with Crippen molar-refractivity contribution in [2.24, 2.45) is 9.98 Å². The van der Waals surface area contributed by atoms with E-state index in [4.69, 9.17) is 9.41 Å². The molecule has 188 valence electrons. The first kappa shape index (κ1) is 27.2. The van der Waals surface area contributed by atoms with Crippen molar-refractivity contribution in [1.82, 2.24) is 10.3 Å². The highest BCUT2D eigenvalue weighted by Gasteiger charge is 2.09. The van der Waals surface area contributed by atoms with Crippen LogP contribution in [0.2, 0.25) is 0 Å². The minimum absolute atomic E-state index is 0.580. The summed E-state index contributed by atoms with van der Waals surface area (Å²) in [5.74, 6) is 0.580. The van der Waals surface area contributed by atoms with Crippen LogP contribution in [0.5, 0.6) is 0 Å².